The first-order valence-corrected chi connectivity index (χ1v) is 7.82. The third-order valence-electron chi connectivity index (χ3n) is 3.13. The summed E-state index contributed by atoms with van der Waals surface area (Å²) in [6.45, 7) is 2.37. The molecule has 0 aromatic heterocycles. The highest BCUT2D eigenvalue weighted by atomic mass is 79.9. The minimum Gasteiger partial charge on any atom is -0.369 e. The van der Waals surface area contributed by atoms with Crippen molar-refractivity contribution in [3.05, 3.63) is 62.5 Å². The Morgan fingerprint density at radius 1 is 1.10 bits per heavy atom. The van der Waals surface area contributed by atoms with E-state index in [9.17, 15) is 4.79 Å². The lowest BCUT2D eigenvalue weighted by Crippen LogP contribution is -2.17. The lowest BCUT2D eigenvalue weighted by Gasteiger charge is -2.22. The van der Waals surface area contributed by atoms with E-state index in [0.29, 0.717) is 0 Å². The van der Waals surface area contributed by atoms with Crippen molar-refractivity contribution in [2.45, 2.75) is 13.5 Å². The highest BCUT2D eigenvalue weighted by Crippen LogP contribution is 2.29. The number of nitrogens with zero attached hydrogens (tertiary/aromatic N) is 1. The molecule has 2 nitrogen and oxygen atoms in total. The maximum Gasteiger partial charge on any atom is 0.159 e. The van der Waals surface area contributed by atoms with Crippen molar-refractivity contribution in [3.63, 3.8) is 0 Å². The van der Waals surface area contributed by atoms with E-state index < -0.39 is 0 Å². The largest absolute Gasteiger partial charge is 0.369 e. The zero-order chi connectivity index (χ0) is 14.7. The normalized spacial score (nSPS) is 10.4. The molecule has 0 aliphatic rings. The Kier molecular flexibility index (Phi) is 5.00. The average molecular weight is 397 g/mol. The summed E-state index contributed by atoms with van der Waals surface area (Å²) in [4.78, 5) is 13.5. The van der Waals surface area contributed by atoms with Gasteiger partial charge in [-0.1, -0.05) is 34.1 Å². The molecular formula is C16H15Br2NO. The summed E-state index contributed by atoms with van der Waals surface area (Å²) in [5, 5.41) is 0. The lowest BCUT2D eigenvalue weighted by molar-refractivity contribution is 0.101. The number of carbonyl (C=O) groups is 1. The van der Waals surface area contributed by atoms with Crippen LogP contribution in [0.1, 0.15) is 22.8 Å². The molecule has 0 spiro atoms. The van der Waals surface area contributed by atoms with Gasteiger partial charge in [0.05, 0.1) is 5.69 Å². The molecule has 0 saturated carbocycles. The summed E-state index contributed by atoms with van der Waals surface area (Å²) in [5.41, 5.74) is 3.00. The number of anilines is 1. The van der Waals surface area contributed by atoms with E-state index in [1.807, 2.05) is 43.4 Å². The first-order chi connectivity index (χ1) is 9.49. The lowest BCUT2D eigenvalue weighted by atomic mass is 10.1. The number of Topliss-reactive ketones (excluding diaryl/α,β-unsaturated/α-hetero) is 1. The van der Waals surface area contributed by atoms with Gasteiger partial charge in [-0.3, -0.25) is 4.79 Å². The van der Waals surface area contributed by atoms with E-state index in [-0.39, 0.29) is 5.78 Å². The highest BCUT2D eigenvalue weighted by molar-refractivity contribution is 9.11. The molecule has 104 valence electrons. The Hall–Kier alpha value is -1.13. The predicted octanol–water partition coefficient (Wildman–Crippen LogP) is 5.05. The van der Waals surface area contributed by atoms with Crippen molar-refractivity contribution in [1.82, 2.24) is 0 Å². The van der Waals surface area contributed by atoms with Gasteiger partial charge in [0.2, 0.25) is 0 Å². The fraction of sp³-hybridized carbons (Fsp3) is 0.188. The second kappa shape index (κ2) is 6.55. The molecule has 0 radical (unpaired) electrons. The standard InChI is InChI=1S/C16H15Br2NO/c1-11(20)12-7-8-16(15(18)9-12)19(2)10-13-5-3-4-6-14(13)17/h3-9H,10H2,1-2H3. The molecule has 0 N–H and O–H groups in total. The first-order valence-electron chi connectivity index (χ1n) is 6.24. The Balaban J connectivity index is 2.23. The van der Waals surface area contributed by atoms with E-state index >= 15 is 0 Å². The maximum absolute atomic E-state index is 11.4. The van der Waals surface area contributed by atoms with Gasteiger partial charge in [-0.15, -0.1) is 0 Å². The van der Waals surface area contributed by atoms with Gasteiger partial charge in [0.25, 0.3) is 0 Å². The Labute approximate surface area is 136 Å². The van der Waals surface area contributed by atoms with Gasteiger partial charge < -0.3 is 4.90 Å². The van der Waals surface area contributed by atoms with Gasteiger partial charge in [-0.05, 0) is 52.7 Å². The van der Waals surface area contributed by atoms with Gasteiger partial charge in [0.1, 0.15) is 0 Å². The van der Waals surface area contributed by atoms with E-state index in [0.717, 1.165) is 26.7 Å². The molecule has 2 aromatic carbocycles. The molecule has 0 heterocycles. The third kappa shape index (κ3) is 3.49. The fourth-order valence-corrected chi connectivity index (χ4v) is 3.09. The van der Waals surface area contributed by atoms with Crippen molar-refractivity contribution in [2.24, 2.45) is 0 Å². The van der Waals surface area contributed by atoms with Gasteiger partial charge in [0, 0.05) is 28.1 Å². The molecule has 0 saturated heterocycles. The molecule has 20 heavy (non-hydrogen) atoms. The van der Waals surface area contributed by atoms with E-state index in [1.165, 1.54) is 5.56 Å². The predicted molar refractivity (Wildman–Crippen MR) is 90.4 cm³/mol. The molecule has 0 aliphatic carbocycles. The monoisotopic (exact) mass is 395 g/mol. The van der Waals surface area contributed by atoms with Gasteiger partial charge in [-0.25, -0.2) is 0 Å². The third-order valence-corrected chi connectivity index (χ3v) is 4.54. The first kappa shape index (κ1) is 15.3. The Morgan fingerprint density at radius 2 is 1.80 bits per heavy atom. The second-order valence-electron chi connectivity index (χ2n) is 4.67. The van der Waals surface area contributed by atoms with Crippen molar-refractivity contribution in [2.75, 3.05) is 11.9 Å². The number of rotatable bonds is 4. The number of benzene rings is 2. The van der Waals surface area contributed by atoms with Crippen LogP contribution >= 0.6 is 31.9 Å². The summed E-state index contributed by atoms with van der Waals surface area (Å²) >= 11 is 7.11. The van der Waals surface area contributed by atoms with Gasteiger partial charge in [0.15, 0.2) is 5.78 Å². The summed E-state index contributed by atoms with van der Waals surface area (Å²) in [7, 11) is 2.03. The van der Waals surface area contributed by atoms with Crippen molar-refractivity contribution >= 4 is 43.3 Å². The molecule has 4 heteroatoms. The van der Waals surface area contributed by atoms with Crippen LogP contribution in [0.4, 0.5) is 5.69 Å². The molecule has 0 amide bonds. The Morgan fingerprint density at radius 3 is 2.40 bits per heavy atom. The van der Waals surface area contributed by atoms with Crippen molar-refractivity contribution in [1.29, 1.82) is 0 Å². The van der Waals surface area contributed by atoms with Gasteiger partial charge in [-0.2, -0.15) is 0 Å². The van der Waals surface area contributed by atoms with Crippen molar-refractivity contribution in [3.8, 4) is 0 Å². The smallest absolute Gasteiger partial charge is 0.159 e. The number of hydrogen-bond acceptors (Lipinski definition) is 2. The van der Waals surface area contributed by atoms with Crippen LogP contribution in [0.2, 0.25) is 0 Å². The molecule has 0 bridgehead atoms. The van der Waals surface area contributed by atoms with Crippen LogP contribution in [0, 0.1) is 0 Å². The number of carbonyl (C=O) groups excluding carboxylic acids is 1. The average Bonchev–Trinajstić information content (AvgIpc) is 2.41. The summed E-state index contributed by atoms with van der Waals surface area (Å²) in [5.74, 6) is 0.0747. The van der Waals surface area contributed by atoms with Crippen LogP contribution in [0.3, 0.4) is 0 Å². The number of ketones is 1. The van der Waals surface area contributed by atoms with Crippen LogP contribution in [0.25, 0.3) is 0 Å². The summed E-state index contributed by atoms with van der Waals surface area (Å²) in [6, 6.07) is 13.9. The van der Waals surface area contributed by atoms with Gasteiger partial charge >= 0.3 is 0 Å². The molecular weight excluding hydrogens is 382 g/mol. The zero-order valence-electron chi connectivity index (χ0n) is 11.4. The topological polar surface area (TPSA) is 20.3 Å². The van der Waals surface area contributed by atoms with Crippen molar-refractivity contribution < 1.29 is 4.79 Å². The quantitative estimate of drug-likeness (QED) is 0.674. The van der Waals surface area contributed by atoms with Crippen LogP contribution in [-0.2, 0) is 6.54 Å². The van der Waals surface area contributed by atoms with Crippen LogP contribution < -0.4 is 4.90 Å². The Bertz CT molecular complexity index is 640. The number of hydrogen-bond donors (Lipinski definition) is 0. The molecule has 2 rings (SSSR count). The minimum absolute atomic E-state index is 0.0747. The molecule has 0 atom stereocenters. The SMILES string of the molecule is CC(=O)c1ccc(N(C)Cc2ccccc2Br)c(Br)c1. The molecule has 0 unspecified atom stereocenters. The van der Waals surface area contributed by atoms with Crippen LogP contribution in [-0.4, -0.2) is 12.8 Å². The highest BCUT2D eigenvalue weighted by Gasteiger charge is 2.10. The minimum atomic E-state index is 0.0747. The van der Waals surface area contributed by atoms with E-state index in [4.69, 9.17) is 0 Å². The summed E-state index contributed by atoms with van der Waals surface area (Å²) < 4.78 is 2.03. The second-order valence-corrected chi connectivity index (χ2v) is 6.38. The van der Waals surface area contributed by atoms with E-state index in [1.54, 1.807) is 6.92 Å². The maximum atomic E-state index is 11.4. The molecule has 0 fully saturated rings. The van der Waals surface area contributed by atoms with Crippen LogP contribution in [0.15, 0.2) is 51.4 Å². The fourth-order valence-electron chi connectivity index (χ4n) is 2.00. The zero-order valence-corrected chi connectivity index (χ0v) is 14.5. The van der Waals surface area contributed by atoms with E-state index in [2.05, 4.69) is 42.8 Å². The number of halogens is 2. The molecule has 2 aromatic rings. The van der Waals surface area contributed by atoms with Crippen LogP contribution in [0.5, 0.6) is 0 Å². The molecule has 0 aliphatic heterocycles. The summed E-state index contributed by atoms with van der Waals surface area (Å²) in [6.07, 6.45) is 0.